The van der Waals surface area contributed by atoms with Gasteiger partial charge in [-0.3, -0.25) is 24.4 Å². The molecule has 0 fully saturated rings. The van der Waals surface area contributed by atoms with Crippen LogP contribution in [0.25, 0.3) is 0 Å². The quantitative estimate of drug-likeness (QED) is 0.0853. The van der Waals surface area contributed by atoms with Crippen molar-refractivity contribution in [3.63, 3.8) is 0 Å². The van der Waals surface area contributed by atoms with E-state index in [-0.39, 0.29) is 24.9 Å². The van der Waals surface area contributed by atoms with Gasteiger partial charge in [0, 0.05) is 13.1 Å². The van der Waals surface area contributed by atoms with E-state index in [2.05, 4.69) is 20.6 Å². The molecule has 0 unspecified atom stereocenters. The van der Waals surface area contributed by atoms with Crippen LogP contribution in [0.2, 0.25) is 0 Å². The van der Waals surface area contributed by atoms with E-state index < -0.39 is 35.8 Å². The fraction of sp³-hybridized carbons (Fsp3) is 0.667. The highest BCUT2D eigenvalue weighted by molar-refractivity contribution is 5.92. The van der Waals surface area contributed by atoms with Gasteiger partial charge in [-0.2, -0.15) is 0 Å². The molecule has 160 valence electrons. The van der Waals surface area contributed by atoms with Crippen molar-refractivity contribution in [3.05, 3.63) is 0 Å². The van der Waals surface area contributed by atoms with Crippen molar-refractivity contribution in [2.45, 2.75) is 50.7 Å². The molecule has 14 N–H and O–H groups in total. The predicted molar refractivity (Wildman–Crippen MR) is 107 cm³/mol. The van der Waals surface area contributed by atoms with Crippen LogP contribution in [0.4, 0.5) is 0 Å². The van der Waals surface area contributed by atoms with Gasteiger partial charge in [0.2, 0.25) is 17.7 Å². The minimum atomic E-state index is -0.924. The molecule has 0 spiro atoms. The summed E-state index contributed by atoms with van der Waals surface area (Å²) in [5.41, 5.74) is 31.9. The zero-order valence-corrected chi connectivity index (χ0v) is 16.1. The van der Waals surface area contributed by atoms with Crippen LogP contribution >= 0.6 is 0 Å². The number of aliphatic imine (C=N–C) groups is 2. The normalized spacial score (nSPS) is 13.5. The van der Waals surface area contributed by atoms with Crippen LogP contribution in [0, 0.1) is 0 Å². The maximum Gasteiger partial charge on any atom is 0.243 e. The molecular weight excluding hydrogens is 368 g/mol. The molecule has 0 aromatic rings. The van der Waals surface area contributed by atoms with E-state index in [0.29, 0.717) is 25.8 Å². The number of nitrogens with two attached hydrogens (primary N) is 6. The van der Waals surface area contributed by atoms with Gasteiger partial charge in [0.05, 0.1) is 6.04 Å². The van der Waals surface area contributed by atoms with Crippen LogP contribution < -0.4 is 45.0 Å². The molecule has 0 heterocycles. The van der Waals surface area contributed by atoms with E-state index in [0.717, 1.165) is 0 Å². The first kappa shape index (κ1) is 24.9. The zero-order chi connectivity index (χ0) is 21.7. The zero-order valence-electron chi connectivity index (χ0n) is 16.1. The van der Waals surface area contributed by atoms with E-state index in [1.807, 2.05) is 0 Å². The number of carbonyl (C=O) groups excluding carboxylic acids is 3. The molecule has 0 aliphatic heterocycles. The van der Waals surface area contributed by atoms with Crippen LogP contribution in [-0.4, -0.2) is 60.9 Å². The molecule has 0 aliphatic rings. The topological polar surface area (TPSA) is 256 Å². The number of primary amides is 1. The molecule has 0 aromatic heterocycles. The third kappa shape index (κ3) is 11.5. The first-order valence-corrected chi connectivity index (χ1v) is 8.81. The lowest BCUT2D eigenvalue weighted by atomic mass is 10.1. The van der Waals surface area contributed by atoms with Crippen molar-refractivity contribution in [2.75, 3.05) is 13.1 Å². The van der Waals surface area contributed by atoms with E-state index in [9.17, 15) is 14.4 Å². The summed E-state index contributed by atoms with van der Waals surface area (Å²) in [7, 11) is 0. The van der Waals surface area contributed by atoms with Crippen LogP contribution in [-0.2, 0) is 14.4 Å². The summed E-state index contributed by atoms with van der Waals surface area (Å²) in [5, 5.41) is 5.01. The van der Waals surface area contributed by atoms with E-state index in [1.165, 1.54) is 6.92 Å². The number of rotatable bonds is 13. The summed E-state index contributed by atoms with van der Waals surface area (Å²) in [6.45, 7) is 2.05. The second-order valence-electron chi connectivity index (χ2n) is 6.20. The summed E-state index contributed by atoms with van der Waals surface area (Å²) in [5.74, 6) is -1.89. The number of amides is 3. The third-order valence-corrected chi connectivity index (χ3v) is 3.67. The number of nitrogens with zero attached hydrogens (tertiary/aromatic N) is 2. The summed E-state index contributed by atoms with van der Waals surface area (Å²) < 4.78 is 0. The van der Waals surface area contributed by atoms with Gasteiger partial charge in [-0.15, -0.1) is 0 Å². The Bertz CT molecular complexity index is 585. The standard InChI is InChI=1S/C15H32N10O3/c1-8(11(17)26)24-13(28)10(5-3-7-23-15(20)21)25-12(27)9(16)4-2-6-22-14(18)19/h8-10H,2-7,16H2,1H3,(H2,17,26)(H,24,28)(H,25,27)(H4,18,19,22)(H4,20,21,23)/t8-,9-,10-/m0/s1. The molecule has 0 rings (SSSR count). The Morgan fingerprint density at radius 2 is 1.32 bits per heavy atom. The van der Waals surface area contributed by atoms with Gasteiger partial charge >= 0.3 is 0 Å². The number of carbonyl (C=O) groups is 3. The minimum absolute atomic E-state index is 0.0425. The molecule has 3 amide bonds. The Balaban J connectivity index is 4.80. The summed E-state index contributed by atoms with van der Waals surface area (Å²) in [6, 6.07) is -2.67. The minimum Gasteiger partial charge on any atom is -0.370 e. The average molecular weight is 400 g/mol. The fourth-order valence-electron chi connectivity index (χ4n) is 2.09. The lowest BCUT2D eigenvalue weighted by Crippen LogP contribution is -2.54. The Morgan fingerprint density at radius 1 is 0.821 bits per heavy atom. The lowest BCUT2D eigenvalue weighted by Gasteiger charge is -2.22. The molecule has 0 radical (unpaired) electrons. The van der Waals surface area contributed by atoms with Crippen LogP contribution in [0.5, 0.6) is 0 Å². The van der Waals surface area contributed by atoms with Crippen molar-refractivity contribution in [1.29, 1.82) is 0 Å². The number of hydrogen-bond donors (Lipinski definition) is 8. The highest BCUT2D eigenvalue weighted by Gasteiger charge is 2.25. The van der Waals surface area contributed by atoms with Gasteiger partial charge in [0.1, 0.15) is 12.1 Å². The first-order chi connectivity index (χ1) is 13.0. The summed E-state index contributed by atoms with van der Waals surface area (Å²) >= 11 is 0. The maximum absolute atomic E-state index is 12.4. The van der Waals surface area contributed by atoms with Gasteiger partial charge in [-0.1, -0.05) is 0 Å². The predicted octanol–water partition coefficient (Wildman–Crippen LogP) is -4.10. The van der Waals surface area contributed by atoms with E-state index >= 15 is 0 Å². The van der Waals surface area contributed by atoms with Crippen molar-refractivity contribution in [1.82, 2.24) is 10.6 Å². The smallest absolute Gasteiger partial charge is 0.243 e. The molecule has 13 nitrogen and oxygen atoms in total. The molecule has 0 bridgehead atoms. The molecule has 3 atom stereocenters. The average Bonchev–Trinajstić information content (AvgIpc) is 2.60. The van der Waals surface area contributed by atoms with Crippen molar-refractivity contribution < 1.29 is 14.4 Å². The molecule has 13 heteroatoms. The Morgan fingerprint density at radius 3 is 1.79 bits per heavy atom. The second kappa shape index (κ2) is 13.1. The number of hydrogen-bond acceptors (Lipinski definition) is 6. The summed E-state index contributed by atoms with van der Waals surface area (Å²) in [6.07, 6.45) is 1.47. The second-order valence-corrected chi connectivity index (χ2v) is 6.20. The first-order valence-electron chi connectivity index (χ1n) is 8.81. The lowest BCUT2D eigenvalue weighted by molar-refractivity contribution is -0.131. The van der Waals surface area contributed by atoms with Crippen molar-refractivity contribution in [2.24, 2.45) is 44.4 Å². The largest absolute Gasteiger partial charge is 0.370 e. The monoisotopic (exact) mass is 400 g/mol. The van der Waals surface area contributed by atoms with Crippen molar-refractivity contribution >= 4 is 29.6 Å². The number of nitrogens with one attached hydrogen (secondary N) is 2. The SMILES string of the molecule is C[C@H](NC(=O)[C@H](CCCN=C(N)N)NC(=O)[C@@H](N)CCCN=C(N)N)C(N)=O. The van der Waals surface area contributed by atoms with Gasteiger partial charge in [0.25, 0.3) is 0 Å². The molecule has 0 saturated carbocycles. The maximum atomic E-state index is 12.4. The Hall–Kier alpha value is -3.09. The van der Waals surface area contributed by atoms with Crippen LogP contribution in [0.3, 0.4) is 0 Å². The highest BCUT2D eigenvalue weighted by Crippen LogP contribution is 2.02. The van der Waals surface area contributed by atoms with E-state index in [4.69, 9.17) is 34.4 Å². The van der Waals surface area contributed by atoms with Crippen LogP contribution in [0.15, 0.2) is 9.98 Å². The highest BCUT2D eigenvalue weighted by atomic mass is 16.2. The van der Waals surface area contributed by atoms with Gasteiger partial charge < -0.3 is 45.0 Å². The Kier molecular flexibility index (Phi) is 11.7. The molecule has 0 saturated heterocycles. The van der Waals surface area contributed by atoms with Gasteiger partial charge in [0.15, 0.2) is 11.9 Å². The molecule has 0 aliphatic carbocycles. The number of guanidine groups is 2. The fourth-order valence-corrected chi connectivity index (χ4v) is 2.09. The van der Waals surface area contributed by atoms with Crippen molar-refractivity contribution in [3.8, 4) is 0 Å². The Labute approximate surface area is 163 Å². The van der Waals surface area contributed by atoms with Gasteiger partial charge in [-0.05, 0) is 32.6 Å². The third-order valence-electron chi connectivity index (χ3n) is 3.67. The molecule has 0 aromatic carbocycles. The summed E-state index contributed by atoms with van der Waals surface area (Å²) in [4.78, 5) is 43.4. The van der Waals surface area contributed by atoms with E-state index in [1.54, 1.807) is 0 Å². The molecule has 28 heavy (non-hydrogen) atoms. The van der Waals surface area contributed by atoms with Crippen LogP contribution in [0.1, 0.15) is 32.6 Å². The molecular formula is C15H32N10O3. The van der Waals surface area contributed by atoms with Gasteiger partial charge in [-0.25, -0.2) is 0 Å².